The fraction of sp³-hybridized carbons (Fsp3) is 0.636. The maximum atomic E-state index is 13.5. The molecule has 1 saturated heterocycles. The third-order valence-corrected chi connectivity index (χ3v) is 2.93. The van der Waals surface area contributed by atoms with Crippen LogP contribution in [0.25, 0.3) is 0 Å². The van der Waals surface area contributed by atoms with Crippen molar-refractivity contribution >= 4 is 0 Å². The van der Waals surface area contributed by atoms with Gasteiger partial charge in [-0.15, -0.1) is 0 Å². The number of aliphatic hydroxyl groups excluding tert-OH is 1. The molecule has 1 aliphatic heterocycles. The van der Waals surface area contributed by atoms with E-state index in [0.29, 0.717) is 5.56 Å². The van der Waals surface area contributed by atoms with E-state index in [1.54, 1.807) is 6.92 Å². The third kappa shape index (κ3) is 2.23. The molecule has 7 heteroatoms. The molecule has 0 bridgehead atoms. The van der Waals surface area contributed by atoms with Crippen LogP contribution in [0.5, 0.6) is 5.88 Å². The molecule has 6 nitrogen and oxygen atoms in total. The maximum Gasteiger partial charge on any atom is 0.352 e. The van der Waals surface area contributed by atoms with Gasteiger partial charge in [0.05, 0.1) is 13.7 Å². The monoisotopic (exact) mass is 258 g/mol. The van der Waals surface area contributed by atoms with Gasteiger partial charge >= 0.3 is 5.69 Å². The molecule has 1 fully saturated rings. The summed E-state index contributed by atoms with van der Waals surface area (Å²) in [6.07, 6.45) is -1.36. The Labute approximate surface area is 103 Å². The van der Waals surface area contributed by atoms with Crippen LogP contribution in [0.15, 0.2) is 11.0 Å². The smallest absolute Gasteiger partial charge is 0.352 e. The number of ether oxygens (including phenoxy) is 2. The molecule has 18 heavy (non-hydrogen) atoms. The van der Waals surface area contributed by atoms with Crippen molar-refractivity contribution in [3.63, 3.8) is 0 Å². The van der Waals surface area contributed by atoms with Crippen LogP contribution >= 0.6 is 0 Å². The summed E-state index contributed by atoms with van der Waals surface area (Å²) in [6.45, 7) is 1.32. The number of nitrogens with zero attached hydrogens (tertiary/aromatic N) is 2. The van der Waals surface area contributed by atoms with E-state index in [2.05, 4.69) is 4.98 Å². The highest BCUT2D eigenvalue weighted by Gasteiger charge is 2.36. The van der Waals surface area contributed by atoms with Crippen molar-refractivity contribution in [2.75, 3.05) is 13.7 Å². The number of hydrogen-bond acceptors (Lipinski definition) is 5. The summed E-state index contributed by atoms with van der Waals surface area (Å²) in [7, 11) is 1.42. The molecule has 0 spiro atoms. The topological polar surface area (TPSA) is 73.6 Å². The Morgan fingerprint density at radius 1 is 1.72 bits per heavy atom. The van der Waals surface area contributed by atoms with Crippen LogP contribution in [0.3, 0.4) is 0 Å². The van der Waals surface area contributed by atoms with Gasteiger partial charge in [0.1, 0.15) is 18.5 Å². The quantitative estimate of drug-likeness (QED) is 0.837. The van der Waals surface area contributed by atoms with Crippen LogP contribution in [0.2, 0.25) is 0 Å². The van der Waals surface area contributed by atoms with Gasteiger partial charge in [-0.05, 0) is 6.92 Å². The molecule has 1 aliphatic rings. The Kier molecular flexibility index (Phi) is 3.63. The summed E-state index contributed by atoms with van der Waals surface area (Å²) < 4.78 is 24.9. The van der Waals surface area contributed by atoms with Gasteiger partial charge in [-0.25, -0.2) is 9.18 Å². The number of alkyl halides is 1. The average molecular weight is 258 g/mol. The standard InChI is InChI=1S/C11H15FN2O4/c1-6-4-14(11(16)13-10(6)17-2)9-3-7(12)8(5-15)18-9/h4,7-9,15H,3,5H2,1-2H3/t7-,8+,9+/m1/s1. The molecule has 2 rings (SSSR count). The lowest BCUT2D eigenvalue weighted by atomic mass is 10.2. The van der Waals surface area contributed by atoms with E-state index in [4.69, 9.17) is 14.6 Å². The van der Waals surface area contributed by atoms with E-state index < -0.39 is 30.8 Å². The number of aliphatic hydroxyl groups is 1. The molecule has 3 atom stereocenters. The molecule has 1 N–H and O–H groups in total. The maximum absolute atomic E-state index is 13.5. The van der Waals surface area contributed by atoms with Gasteiger partial charge in [-0.2, -0.15) is 4.98 Å². The van der Waals surface area contributed by atoms with Crippen LogP contribution in [0.4, 0.5) is 4.39 Å². The van der Waals surface area contributed by atoms with Gasteiger partial charge in [-0.1, -0.05) is 0 Å². The van der Waals surface area contributed by atoms with Crippen molar-refractivity contribution in [3.8, 4) is 5.88 Å². The third-order valence-electron chi connectivity index (χ3n) is 2.93. The van der Waals surface area contributed by atoms with Gasteiger partial charge in [0.15, 0.2) is 0 Å². The van der Waals surface area contributed by atoms with Crippen molar-refractivity contribution in [2.24, 2.45) is 0 Å². The first-order valence-corrected chi connectivity index (χ1v) is 5.61. The number of aryl methyl sites for hydroxylation is 1. The molecule has 2 heterocycles. The summed E-state index contributed by atoms with van der Waals surface area (Å²) in [5.74, 6) is 0.241. The number of hydrogen-bond donors (Lipinski definition) is 1. The highest BCUT2D eigenvalue weighted by atomic mass is 19.1. The molecular formula is C11H15FN2O4. The lowest BCUT2D eigenvalue weighted by Gasteiger charge is -2.15. The Balaban J connectivity index is 2.30. The summed E-state index contributed by atoms with van der Waals surface area (Å²) in [4.78, 5) is 15.5. The number of halogens is 1. The second kappa shape index (κ2) is 5.03. The summed E-state index contributed by atoms with van der Waals surface area (Å²) in [5.41, 5.74) is 0.0943. The first-order chi connectivity index (χ1) is 8.56. The Hall–Kier alpha value is -1.47. The van der Waals surface area contributed by atoms with Crippen molar-refractivity contribution in [3.05, 3.63) is 22.2 Å². The van der Waals surface area contributed by atoms with E-state index in [0.717, 1.165) is 0 Å². The molecule has 0 aliphatic carbocycles. The van der Waals surface area contributed by atoms with Crippen LogP contribution in [-0.4, -0.2) is 40.6 Å². The lowest BCUT2D eigenvalue weighted by molar-refractivity contribution is -0.0357. The highest BCUT2D eigenvalue weighted by molar-refractivity contribution is 5.20. The second-order valence-electron chi connectivity index (χ2n) is 4.19. The predicted octanol–water partition coefficient (Wildman–Crippen LogP) is 0.178. The fourth-order valence-electron chi connectivity index (χ4n) is 1.99. The molecule has 0 radical (unpaired) electrons. The average Bonchev–Trinajstić information content (AvgIpc) is 2.72. The molecule has 0 amide bonds. The lowest BCUT2D eigenvalue weighted by Crippen LogP contribution is -2.28. The zero-order chi connectivity index (χ0) is 13.3. The zero-order valence-corrected chi connectivity index (χ0v) is 10.2. The second-order valence-corrected chi connectivity index (χ2v) is 4.19. The number of methoxy groups -OCH3 is 1. The van der Waals surface area contributed by atoms with E-state index in [-0.39, 0.29) is 12.3 Å². The molecule has 0 saturated carbocycles. The normalized spacial score (nSPS) is 27.4. The summed E-state index contributed by atoms with van der Waals surface area (Å²) in [6, 6.07) is 0. The molecule has 0 aromatic carbocycles. The van der Waals surface area contributed by atoms with E-state index in [1.807, 2.05) is 0 Å². The minimum atomic E-state index is -1.28. The minimum Gasteiger partial charge on any atom is -0.481 e. The molecule has 0 unspecified atom stereocenters. The van der Waals surface area contributed by atoms with Gasteiger partial charge in [0.2, 0.25) is 5.88 Å². The number of rotatable bonds is 3. The predicted molar refractivity (Wildman–Crippen MR) is 60.3 cm³/mol. The van der Waals surface area contributed by atoms with Gasteiger partial charge in [0.25, 0.3) is 0 Å². The highest BCUT2D eigenvalue weighted by Crippen LogP contribution is 2.30. The fourth-order valence-corrected chi connectivity index (χ4v) is 1.99. The van der Waals surface area contributed by atoms with Crippen molar-refractivity contribution < 1.29 is 19.0 Å². The van der Waals surface area contributed by atoms with Gasteiger partial charge in [-0.3, -0.25) is 4.57 Å². The Morgan fingerprint density at radius 2 is 2.44 bits per heavy atom. The molecular weight excluding hydrogens is 243 g/mol. The first kappa shape index (κ1) is 13.0. The van der Waals surface area contributed by atoms with E-state index in [1.165, 1.54) is 17.9 Å². The molecule has 100 valence electrons. The van der Waals surface area contributed by atoms with Crippen molar-refractivity contribution in [2.45, 2.75) is 31.8 Å². The van der Waals surface area contributed by atoms with Crippen LogP contribution in [0.1, 0.15) is 18.2 Å². The zero-order valence-electron chi connectivity index (χ0n) is 10.2. The van der Waals surface area contributed by atoms with Crippen molar-refractivity contribution in [1.82, 2.24) is 9.55 Å². The largest absolute Gasteiger partial charge is 0.481 e. The summed E-state index contributed by atoms with van der Waals surface area (Å²) in [5, 5.41) is 8.92. The SMILES string of the molecule is COc1nc(=O)n([C@@H]2C[C@@H](F)[C@H](CO)O2)cc1C. The Bertz CT molecular complexity index is 490. The van der Waals surface area contributed by atoms with Gasteiger partial charge in [0, 0.05) is 18.2 Å². The Morgan fingerprint density at radius 3 is 3.00 bits per heavy atom. The summed E-state index contributed by atoms with van der Waals surface area (Å²) >= 11 is 0. The molecule has 1 aromatic rings. The van der Waals surface area contributed by atoms with E-state index >= 15 is 0 Å². The first-order valence-electron chi connectivity index (χ1n) is 5.61. The van der Waals surface area contributed by atoms with Crippen molar-refractivity contribution in [1.29, 1.82) is 0 Å². The van der Waals surface area contributed by atoms with Gasteiger partial charge < -0.3 is 14.6 Å². The van der Waals surface area contributed by atoms with Crippen LogP contribution in [0, 0.1) is 6.92 Å². The van der Waals surface area contributed by atoms with Crippen LogP contribution < -0.4 is 10.4 Å². The van der Waals surface area contributed by atoms with E-state index in [9.17, 15) is 9.18 Å². The molecule has 1 aromatic heterocycles. The number of aromatic nitrogens is 2. The van der Waals surface area contributed by atoms with Crippen LogP contribution in [-0.2, 0) is 4.74 Å². The minimum absolute atomic E-state index is 0.0264.